The average molecular weight is 511 g/mol. The van der Waals surface area contributed by atoms with Gasteiger partial charge in [-0.15, -0.1) is 11.3 Å². The Balaban J connectivity index is 1.44. The minimum atomic E-state index is -4.67. The third-order valence-corrected chi connectivity index (χ3v) is 6.26. The van der Waals surface area contributed by atoms with Gasteiger partial charge in [0, 0.05) is 11.3 Å². The smallest absolute Gasteiger partial charge is 0.342 e. The van der Waals surface area contributed by atoms with Gasteiger partial charge in [0.15, 0.2) is 0 Å². The number of fused-ring (bicyclic) bond motifs is 1. The van der Waals surface area contributed by atoms with Crippen molar-refractivity contribution in [3.8, 4) is 0 Å². The average Bonchev–Trinajstić information content (AvgIpc) is 3.40. The number of rotatable bonds is 5. The van der Waals surface area contributed by atoms with E-state index in [-0.39, 0.29) is 34.4 Å². The predicted octanol–water partition coefficient (Wildman–Crippen LogP) is 3.84. The summed E-state index contributed by atoms with van der Waals surface area (Å²) < 4.78 is 39.1. The highest BCUT2D eigenvalue weighted by molar-refractivity contribution is 7.13. The maximum atomic E-state index is 13.0. The normalized spacial score (nSPS) is 13.7. The Morgan fingerprint density at radius 1 is 1.21 bits per heavy atom. The topological polar surface area (TPSA) is 126 Å². The van der Waals surface area contributed by atoms with E-state index in [1.807, 2.05) is 0 Å². The van der Waals surface area contributed by atoms with Crippen molar-refractivity contribution in [3.63, 3.8) is 0 Å². The van der Waals surface area contributed by atoms with Crippen LogP contribution in [0.1, 0.15) is 49.3 Å². The molecule has 176 valence electrons. The van der Waals surface area contributed by atoms with Crippen molar-refractivity contribution in [3.05, 3.63) is 62.5 Å². The zero-order chi connectivity index (χ0) is 24.6. The van der Waals surface area contributed by atoms with Gasteiger partial charge in [-0.1, -0.05) is 11.6 Å². The molecule has 0 bridgehead atoms. The van der Waals surface area contributed by atoms with E-state index in [1.54, 1.807) is 6.92 Å². The van der Waals surface area contributed by atoms with Gasteiger partial charge in [0.05, 0.1) is 29.2 Å². The maximum absolute atomic E-state index is 13.0. The quantitative estimate of drug-likeness (QED) is 0.479. The minimum Gasteiger partial charge on any atom is -0.342 e. The van der Waals surface area contributed by atoms with Crippen LogP contribution in [-0.2, 0) is 17.4 Å². The monoisotopic (exact) mass is 510 g/mol. The number of hydrogen-bond acceptors (Lipinski definition) is 7. The molecule has 0 radical (unpaired) electrons. The van der Waals surface area contributed by atoms with E-state index < -0.39 is 34.6 Å². The number of thiazole rings is 1. The number of halogens is 4. The van der Waals surface area contributed by atoms with E-state index >= 15 is 0 Å². The lowest BCUT2D eigenvalue weighted by atomic mass is 10.1. The summed E-state index contributed by atoms with van der Waals surface area (Å²) in [6, 6.07) is 2.41. The summed E-state index contributed by atoms with van der Waals surface area (Å²) in [6.07, 6.45) is -2.27. The fourth-order valence-corrected chi connectivity index (χ4v) is 4.19. The molecule has 4 rings (SSSR count). The lowest BCUT2D eigenvalue weighted by molar-refractivity contribution is -0.137. The summed E-state index contributed by atoms with van der Waals surface area (Å²) in [5.74, 6) is -1.24. The number of aromatic nitrogens is 3. The highest BCUT2D eigenvalue weighted by Gasteiger charge is 2.33. The first-order chi connectivity index (χ1) is 16.0. The fraction of sp³-hybridized carbons (Fsp3) is 0.200. The van der Waals surface area contributed by atoms with Crippen LogP contribution in [0.2, 0.25) is 5.02 Å². The van der Waals surface area contributed by atoms with Crippen LogP contribution in [0.5, 0.6) is 0 Å². The zero-order valence-electron chi connectivity index (χ0n) is 17.2. The predicted molar refractivity (Wildman–Crippen MR) is 117 cm³/mol. The summed E-state index contributed by atoms with van der Waals surface area (Å²) in [6.45, 7) is 1.64. The van der Waals surface area contributed by atoms with Gasteiger partial charge >= 0.3 is 6.18 Å². The molecule has 34 heavy (non-hydrogen) atoms. The number of benzene rings is 1. The van der Waals surface area contributed by atoms with Crippen LogP contribution in [-0.4, -0.2) is 32.7 Å². The Morgan fingerprint density at radius 3 is 2.71 bits per heavy atom. The second kappa shape index (κ2) is 8.99. The summed E-state index contributed by atoms with van der Waals surface area (Å²) in [4.78, 5) is 48.9. The van der Waals surface area contributed by atoms with Crippen LogP contribution in [0.3, 0.4) is 0 Å². The van der Waals surface area contributed by atoms with E-state index in [0.29, 0.717) is 10.6 Å². The maximum Gasteiger partial charge on any atom is 0.417 e. The summed E-state index contributed by atoms with van der Waals surface area (Å²) in [7, 11) is 0. The molecule has 0 aliphatic carbocycles. The number of carbonyl (C=O) groups is 3. The molecule has 1 atom stereocenters. The molecule has 0 unspecified atom stereocenters. The van der Waals surface area contributed by atoms with Crippen molar-refractivity contribution in [2.45, 2.75) is 25.6 Å². The Bertz CT molecular complexity index is 1310. The zero-order valence-corrected chi connectivity index (χ0v) is 18.7. The fourth-order valence-electron chi connectivity index (χ4n) is 3.15. The molecule has 1 aromatic carbocycles. The van der Waals surface area contributed by atoms with Gasteiger partial charge in [-0.2, -0.15) is 13.2 Å². The van der Waals surface area contributed by atoms with Crippen molar-refractivity contribution in [1.82, 2.24) is 20.3 Å². The Labute approximate surface area is 198 Å². The van der Waals surface area contributed by atoms with E-state index in [1.165, 1.54) is 12.3 Å². The standard InChI is InChI=1S/C20H14ClF3N6O3S/c1-8(28-18(33)15-10-5-14(31)30-16(10)27-7-26-15)19-25-6-13(34-19)17(32)29-9-2-3-12(21)11(4-9)20(22,23)24/h2-4,6-8H,5H2,1H3,(H,28,33)(H,29,32)(H,26,27,30,31)/t8-/m0/s1. The van der Waals surface area contributed by atoms with Crippen LogP contribution in [0.4, 0.5) is 24.7 Å². The first-order valence-electron chi connectivity index (χ1n) is 9.61. The van der Waals surface area contributed by atoms with Crippen molar-refractivity contribution in [1.29, 1.82) is 0 Å². The molecular weight excluding hydrogens is 497 g/mol. The Morgan fingerprint density at radius 2 is 1.97 bits per heavy atom. The molecule has 3 N–H and O–H groups in total. The largest absolute Gasteiger partial charge is 0.417 e. The lowest BCUT2D eigenvalue weighted by Crippen LogP contribution is -2.28. The lowest BCUT2D eigenvalue weighted by Gasteiger charge is -2.12. The van der Waals surface area contributed by atoms with Gasteiger partial charge in [0.2, 0.25) is 5.91 Å². The number of nitrogens with zero attached hydrogens (tertiary/aromatic N) is 3. The van der Waals surface area contributed by atoms with E-state index in [2.05, 4.69) is 30.9 Å². The first kappa shape index (κ1) is 23.6. The van der Waals surface area contributed by atoms with Gasteiger partial charge < -0.3 is 16.0 Å². The van der Waals surface area contributed by atoms with Crippen molar-refractivity contribution >= 4 is 52.2 Å². The minimum absolute atomic E-state index is 0.0182. The van der Waals surface area contributed by atoms with Crippen LogP contribution >= 0.6 is 22.9 Å². The van der Waals surface area contributed by atoms with Gasteiger partial charge in [-0.3, -0.25) is 14.4 Å². The van der Waals surface area contributed by atoms with Gasteiger partial charge in [-0.05, 0) is 25.1 Å². The highest BCUT2D eigenvalue weighted by Crippen LogP contribution is 2.36. The molecule has 0 saturated carbocycles. The summed E-state index contributed by atoms with van der Waals surface area (Å²) >= 11 is 6.55. The molecule has 9 nitrogen and oxygen atoms in total. The summed E-state index contributed by atoms with van der Waals surface area (Å²) in [5.41, 5.74) is -0.717. The van der Waals surface area contributed by atoms with Crippen LogP contribution < -0.4 is 16.0 Å². The molecule has 1 aliphatic rings. The van der Waals surface area contributed by atoms with Crippen LogP contribution in [0.25, 0.3) is 0 Å². The van der Waals surface area contributed by atoms with E-state index in [0.717, 1.165) is 29.8 Å². The number of carbonyl (C=O) groups excluding carboxylic acids is 3. The second-order valence-electron chi connectivity index (χ2n) is 7.18. The van der Waals surface area contributed by atoms with E-state index in [9.17, 15) is 27.6 Å². The van der Waals surface area contributed by atoms with E-state index in [4.69, 9.17) is 11.6 Å². The van der Waals surface area contributed by atoms with Gasteiger partial charge in [-0.25, -0.2) is 15.0 Å². The molecule has 0 spiro atoms. The van der Waals surface area contributed by atoms with Crippen LogP contribution in [0, 0.1) is 0 Å². The Kier molecular flexibility index (Phi) is 6.23. The number of hydrogen-bond donors (Lipinski definition) is 3. The highest BCUT2D eigenvalue weighted by atomic mass is 35.5. The molecule has 2 aromatic heterocycles. The molecule has 0 fully saturated rings. The summed E-state index contributed by atoms with van der Waals surface area (Å²) in [5, 5.41) is 7.51. The van der Waals surface area contributed by atoms with Crippen LogP contribution in [0.15, 0.2) is 30.7 Å². The molecule has 1 aliphatic heterocycles. The molecule has 3 amide bonds. The molecule has 3 aromatic rings. The number of amides is 3. The number of anilines is 2. The molecule has 14 heteroatoms. The van der Waals surface area contributed by atoms with Crippen molar-refractivity contribution in [2.75, 3.05) is 10.6 Å². The van der Waals surface area contributed by atoms with Gasteiger partial charge in [0.1, 0.15) is 27.7 Å². The Hall–Kier alpha value is -3.58. The van der Waals surface area contributed by atoms with Gasteiger partial charge in [0.25, 0.3) is 11.8 Å². The molecule has 0 saturated heterocycles. The number of nitrogens with one attached hydrogen (secondary N) is 3. The third kappa shape index (κ3) is 4.84. The van der Waals surface area contributed by atoms with Crippen molar-refractivity contribution in [2.24, 2.45) is 0 Å². The molecular formula is C20H14ClF3N6O3S. The molecule has 3 heterocycles. The SMILES string of the molecule is C[C@H](NC(=O)c1ncnc2c1CC(=O)N2)c1ncc(C(=O)Nc2ccc(Cl)c(C(F)(F)F)c2)s1. The second-order valence-corrected chi connectivity index (χ2v) is 8.65. The number of alkyl halides is 3. The van der Waals surface area contributed by atoms with Crippen molar-refractivity contribution < 1.29 is 27.6 Å². The first-order valence-corrected chi connectivity index (χ1v) is 10.8. The third-order valence-electron chi connectivity index (χ3n) is 4.75.